The fourth-order valence-corrected chi connectivity index (χ4v) is 5.16. The number of fused-ring (bicyclic) bond motifs is 2. The maximum Gasteiger partial charge on any atom is 0.260 e. The summed E-state index contributed by atoms with van der Waals surface area (Å²) in [6.07, 6.45) is -1.12. The summed E-state index contributed by atoms with van der Waals surface area (Å²) in [5.41, 5.74) is 2.32. The summed E-state index contributed by atoms with van der Waals surface area (Å²) in [5, 5.41) is 29.3. The number of anilines is 2. The molecule has 1 heterocycles. The number of ether oxygens (including phenoxy) is 2. The fourth-order valence-electron chi connectivity index (χ4n) is 5.04. The Morgan fingerprint density at radius 3 is 2.41 bits per heavy atom. The second-order valence-corrected chi connectivity index (χ2v) is 9.83. The Balaban J connectivity index is 1.62. The molecule has 1 amide bonds. The first-order valence-corrected chi connectivity index (χ1v) is 12.8. The van der Waals surface area contributed by atoms with Gasteiger partial charge in [0.15, 0.2) is 11.5 Å². The molecule has 39 heavy (non-hydrogen) atoms. The van der Waals surface area contributed by atoms with E-state index in [1.165, 1.54) is 19.1 Å². The number of halogens is 1. The Labute approximate surface area is 231 Å². The largest absolute Gasteiger partial charge is 0.509 e. The zero-order chi connectivity index (χ0) is 27.7. The Morgan fingerprint density at radius 2 is 1.72 bits per heavy atom. The summed E-state index contributed by atoms with van der Waals surface area (Å²) >= 11 is 6.09. The van der Waals surface area contributed by atoms with Crippen LogP contribution in [-0.2, 0) is 11.2 Å². The lowest BCUT2D eigenvalue weighted by Gasteiger charge is -2.34. The molecule has 0 saturated heterocycles. The van der Waals surface area contributed by atoms with Gasteiger partial charge in [0.25, 0.3) is 5.91 Å². The van der Waals surface area contributed by atoms with Crippen molar-refractivity contribution in [3.05, 3.63) is 106 Å². The van der Waals surface area contributed by atoms with Crippen molar-refractivity contribution in [3.8, 4) is 11.5 Å². The number of nitrogens with one attached hydrogen (secondary N) is 1. The van der Waals surface area contributed by atoms with Crippen molar-refractivity contribution >= 4 is 39.7 Å². The third kappa shape index (κ3) is 4.99. The predicted molar refractivity (Wildman–Crippen MR) is 154 cm³/mol. The highest BCUT2D eigenvalue weighted by Crippen LogP contribution is 2.47. The number of carbonyl (C=O) groups excluding carboxylic acids is 1. The van der Waals surface area contributed by atoms with Gasteiger partial charge in [-0.1, -0.05) is 54.1 Å². The van der Waals surface area contributed by atoms with Crippen LogP contribution in [-0.4, -0.2) is 43.4 Å². The zero-order valence-corrected chi connectivity index (χ0v) is 22.6. The molecule has 0 bridgehead atoms. The number of likely N-dealkylation sites (N-methyl/N-ethyl adjacent to an activating group) is 1. The van der Waals surface area contributed by atoms with Gasteiger partial charge in [0, 0.05) is 17.8 Å². The molecule has 8 heteroatoms. The molecule has 2 unspecified atom stereocenters. The highest BCUT2D eigenvalue weighted by molar-refractivity contribution is 6.30. The van der Waals surface area contributed by atoms with E-state index in [2.05, 4.69) is 5.32 Å². The number of aliphatic hydroxyl groups excluding tert-OH is 2. The number of carbonyl (C=O) groups is 1. The first-order valence-electron chi connectivity index (χ1n) is 12.5. The number of nitrogens with zero attached hydrogens (tertiary/aromatic N) is 1. The smallest absolute Gasteiger partial charge is 0.260 e. The summed E-state index contributed by atoms with van der Waals surface area (Å²) in [6, 6.07) is 23.8. The molecule has 0 spiro atoms. The highest BCUT2D eigenvalue weighted by Gasteiger charge is 2.40. The first kappa shape index (κ1) is 26.4. The number of benzene rings is 4. The molecular formula is C31H29ClN2O5. The van der Waals surface area contributed by atoms with Crippen molar-refractivity contribution in [2.45, 2.75) is 18.6 Å². The summed E-state index contributed by atoms with van der Waals surface area (Å²) in [7, 11) is 4.56. The molecule has 3 N–H and O–H groups in total. The molecule has 0 aromatic heterocycles. The van der Waals surface area contributed by atoms with E-state index in [0.717, 1.165) is 22.0 Å². The average molecular weight is 545 g/mol. The first-order chi connectivity index (χ1) is 18.8. The lowest BCUT2D eigenvalue weighted by atomic mass is 9.89. The molecule has 200 valence electrons. The maximum atomic E-state index is 13.6. The minimum Gasteiger partial charge on any atom is -0.509 e. The molecule has 5 rings (SSSR count). The number of amides is 1. The van der Waals surface area contributed by atoms with E-state index in [9.17, 15) is 15.0 Å². The van der Waals surface area contributed by atoms with Gasteiger partial charge in [-0.25, -0.2) is 0 Å². The van der Waals surface area contributed by atoms with Gasteiger partial charge in [0.2, 0.25) is 0 Å². The van der Waals surface area contributed by atoms with Crippen molar-refractivity contribution in [1.82, 2.24) is 0 Å². The van der Waals surface area contributed by atoms with Gasteiger partial charge in [-0.05, 0) is 59.2 Å². The van der Waals surface area contributed by atoms with Crippen LogP contribution in [0.25, 0.3) is 10.8 Å². The van der Waals surface area contributed by atoms with Crippen molar-refractivity contribution in [2.24, 2.45) is 0 Å². The number of methoxy groups -OCH3 is 2. The summed E-state index contributed by atoms with van der Waals surface area (Å²) < 4.78 is 11.0. The van der Waals surface area contributed by atoms with E-state index in [-0.39, 0.29) is 11.3 Å². The molecule has 2 atom stereocenters. The van der Waals surface area contributed by atoms with Crippen LogP contribution >= 0.6 is 11.6 Å². The Morgan fingerprint density at radius 1 is 1.00 bits per heavy atom. The lowest BCUT2D eigenvalue weighted by Crippen LogP contribution is -2.39. The third-order valence-corrected chi connectivity index (χ3v) is 7.31. The molecule has 1 aliphatic rings. The summed E-state index contributed by atoms with van der Waals surface area (Å²) in [6.45, 7) is 0. The average Bonchev–Trinajstić information content (AvgIpc) is 2.95. The molecule has 7 nitrogen and oxygen atoms in total. The highest BCUT2D eigenvalue weighted by atomic mass is 35.5. The Kier molecular flexibility index (Phi) is 7.37. The van der Waals surface area contributed by atoms with Gasteiger partial charge in [0.1, 0.15) is 11.9 Å². The van der Waals surface area contributed by atoms with Gasteiger partial charge >= 0.3 is 0 Å². The van der Waals surface area contributed by atoms with Crippen LogP contribution in [0, 0.1) is 0 Å². The number of hydrogen-bond donors (Lipinski definition) is 3. The number of aliphatic hydroxyl groups is 2. The van der Waals surface area contributed by atoms with E-state index in [0.29, 0.717) is 34.2 Å². The van der Waals surface area contributed by atoms with Crippen molar-refractivity contribution in [1.29, 1.82) is 0 Å². The van der Waals surface area contributed by atoms with Crippen LogP contribution in [0.15, 0.2) is 90.2 Å². The van der Waals surface area contributed by atoms with E-state index < -0.39 is 18.1 Å². The van der Waals surface area contributed by atoms with Crippen LogP contribution in [0.3, 0.4) is 0 Å². The molecule has 0 aliphatic carbocycles. The van der Waals surface area contributed by atoms with E-state index in [4.69, 9.17) is 21.1 Å². The normalized spacial score (nSPS) is 17.0. The second-order valence-electron chi connectivity index (χ2n) is 9.39. The second kappa shape index (κ2) is 10.9. The van der Waals surface area contributed by atoms with Crippen LogP contribution in [0.2, 0.25) is 5.02 Å². The van der Waals surface area contributed by atoms with Gasteiger partial charge in [-0.3, -0.25) is 4.79 Å². The molecule has 0 saturated carbocycles. The quantitative estimate of drug-likeness (QED) is 0.194. The minimum absolute atomic E-state index is 0.135. The van der Waals surface area contributed by atoms with Crippen LogP contribution < -0.4 is 19.7 Å². The van der Waals surface area contributed by atoms with E-state index >= 15 is 0 Å². The number of rotatable bonds is 7. The maximum absolute atomic E-state index is 13.6. The lowest BCUT2D eigenvalue weighted by molar-refractivity contribution is -0.116. The summed E-state index contributed by atoms with van der Waals surface area (Å²) in [4.78, 5) is 14.9. The molecule has 1 aliphatic heterocycles. The fraction of sp³-hybridized carbons (Fsp3) is 0.194. The minimum atomic E-state index is -1.44. The van der Waals surface area contributed by atoms with Gasteiger partial charge in [0.05, 0.1) is 37.1 Å². The summed E-state index contributed by atoms with van der Waals surface area (Å²) in [5.74, 6) is -0.0769. The molecule has 4 aromatic carbocycles. The van der Waals surface area contributed by atoms with Crippen molar-refractivity contribution < 1.29 is 24.5 Å². The monoisotopic (exact) mass is 544 g/mol. The zero-order valence-electron chi connectivity index (χ0n) is 21.8. The standard InChI is InChI=1S/C31H29ClN2O5/c1-34-24-14-15-25(38-2)30(39-3)26(24)29(36)27(31(34)37)28(35)23(16-18-8-11-21(32)12-9-18)33-22-13-10-19-6-4-5-7-20(19)17-22/h4-15,17,23,29,33,35-36H,16H2,1-3H3. The molecular weight excluding hydrogens is 516 g/mol. The van der Waals surface area contributed by atoms with Crippen LogP contribution in [0.5, 0.6) is 11.5 Å². The van der Waals surface area contributed by atoms with Gasteiger partial charge < -0.3 is 29.9 Å². The van der Waals surface area contributed by atoms with E-state index in [1.54, 1.807) is 31.3 Å². The SMILES string of the molecule is COc1ccc2c(c1OC)C(O)C(=C(O)C(Cc1ccc(Cl)cc1)Nc1ccc3ccccc3c1)C(=O)N2C. The van der Waals surface area contributed by atoms with Crippen molar-refractivity contribution in [3.63, 3.8) is 0 Å². The van der Waals surface area contributed by atoms with E-state index in [1.807, 2.05) is 54.6 Å². The van der Waals surface area contributed by atoms with Crippen LogP contribution in [0.1, 0.15) is 17.2 Å². The Hall–Kier alpha value is -4.20. The molecule has 0 fully saturated rings. The Bertz CT molecular complexity index is 1570. The molecule has 0 radical (unpaired) electrons. The van der Waals surface area contributed by atoms with Crippen LogP contribution in [0.4, 0.5) is 11.4 Å². The topological polar surface area (TPSA) is 91.3 Å². The molecule has 4 aromatic rings. The van der Waals surface area contributed by atoms with Crippen molar-refractivity contribution in [2.75, 3.05) is 31.5 Å². The van der Waals surface area contributed by atoms with Gasteiger partial charge in [-0.15, -0.1) is 0 Å². The number of hydrogen-bond acceptors (Lipinski definition) is 6. The third-order valence-electron chi connectivity index (χ3n) is 7.05. The predicted octanol–water partition coefficient (Wildman–Crippen LogP) is 6.06. The van der Waals surface area contributed by atoms with Gasteiger partial charge in [-0.2, -0.15) is 0 Å².